The van der Waals surface area contributed by atoms with E-state index in [-0.39, 0.29) is 36.9 Å². The number of hydrogen-bond donors (Lipinski definition) is 0. The predicted molar refractivity (Wildman–Crippen MR) is 73.9 cm³/mol. The quantitative estimate of drug-likeness (QED) is 0.542. The summed E-state index contributed by atoms with van der Waals surface area (Å²) in [6.45, 7) is -0.158. The number of nitrogens with zero attached hydrogens (tertiary/aromatic N) is 2. The molecule has 0 saturated carbocycles. The number of hydrogen-bond acceptors (Lipinski definition) is 7. The van der Waals surface area contributed by atoms with Gasteiger partial charge in [-0.1, -0.05) is 0 Å². The predicted octanol–water partition coefficient (Wildman–Crippen LogP) is 1.13. The van der Waals surface area contributed by atoms with Gasteiger partial charge in [0.15, 0.2) is 7.43 Å². The van der Waals surface area contributed by atoms with E-state index >= 15 is 0 Å². The van der Waals surface area contributed by atoms with Gasteiger partial charge in [0.05, 0.1) is 0 Å². The molecule has 1 atom stereocenters. The Hall–Kier alpha value is -1.80. The number of hydroxylamine groups is 2. The van der Waals surface area contributed by atoms with Crippen LogP contribution in [0.2, 0.25) is 0 Å². The molecule has 8 nitrogen and oxygen atoms in total. The monoisotopic (exact) mass is 348 g/mol. The standard InChI is InChI=1S/C11H10FN2O6PS/c12-21(6-5-13-7(15)1-2-8(13)16)22-11(19)20-14-9(17)3-4-10(14)18/h1-2H,3-6H2. The molecule has 1 fully saturated rings. The maximum absolute atomic E-state index is 13.7. The minimum Gasteiger partial charge on any atom is -0.319 e. The van der Waals surface area contributed by atoms with Crippen LogP contribution in [0.3, 0.4) is 0 Å². The summed E-state index contributed by atoms with van der Waals surface area (Å²) in [6.07, 6.45) is 1.85. The highest BCUT2D eigenvalue weighted by Gasteiger charge is 2.34. The third-order valence-corrected chi connectivity index (χ3v) is 5.31. The van der Waals surface area contributed by atoms with Gasteiger partial charge < -0.3 is 4.84 Å². The van der Waals surface area contributed by atoms with E-state index < -0.39 is 36.4 Å². The summed E-state index contributed by atoms with van der Waals surface area (Å²) < 4.78 is 13.7. The molecule has 1 unspecified atom stereocenters. The molecule has 0 N–H and O–H groups in total. The summed E-state index contributed by atoms with van der Waals surface area (Å²) in [4.78, 5) is 61.7. The zero-order valence-electron chi connectivity index (χ0n) is 11.1. The molecule has 0 aromatic rings. The Morgan fingerprint density at radius 2 is 1.73 bits per heavy atom. The Kier molecular flexibility index (Phi) is 5.25. The lowest BCUT2D eigenvalue weighted by atomic mass is 10.4. The summed E-state index contributed by atoms with van der Waals surface area (Å²) >= 11 is 0.198. The largest absolute Gasteiger partial charge is 0.398 e. The van der Waals surface area contributed by atoms with Gasteiger partial charge >= 0.3 is 5.30 Å². The summed E-state index contributed by atoms with van der Waals surface area (Å²) in [5.74, 6) is -2.37. The first-order valence-corrected chi connectivity index (χ1v) is 8.95. The molecule has 2 aliphatic heterocycles. The van der Waals surface area contributed by atoms with Gasteiger partial charge in [-0.2, -0.15) is 0 Å². The minimum absolute atomic E-state index is 0.0483. The van der Waals surface area contributed by atoms with Gasteiger partial charge in [-0.05, 0) is 0 Å². The second-order valence-electron chi connectivity index (χ2n) is 4.22. The minimum atomic E-state index is -2.40. The molecule has 0 spiro atoms. The van der Waals surface area contributed by atoms with E-state index in [0.717, 1.165) is 17.1 Å². The van der Waals surface area contributed by atoms with Crippen molar-refractivity contribution in [2.45, 2.75) is 12.8 Å². The lowest BCUT2D eigenvalue weighted by molar-refractivity contribution is -0.169. The maximum atomic E-state index is 13.7. The van der Waals surface area contributed by atoms with Crippen molar-refractivity contribution in [2.75, 3.05) is 12.7 Å². The fourth-order valence-corrected chi connectivity index (χ4v) is 3.53. The molecule has 0 aromatic heterocycles. The molecule has 0 radical (unpaired) electrons. The molecular weight excluding hydrogens is 338 g/mol. The smallest absolute Gasteiger partial charge is 0.319 e. The molecular formula is C11H10FN2O6PS. The average Bonchev–Trinajstić information content (AvgIpc) is 2.93. The van der Waals surface area contributed by atoms with Gasteiger partial charge in [-0.25, -0.2) is 8.99 Å². The van der Waals surface area contributed by atoms with Crippen molar-refractivity contribution in [3.05, 3.63) is 12.2 Å². The number of rotatable bonds is 5. The lowest BCUT2D eigenvalue weighted by Gasteiger charge is -2.15. The number of imide groups is 2. The first kappa shape index (κ1) is 16.6. The molecule has 4 amide bonds. The Balaban J connectivity index is 1.75. The zero-order chi connectivity index (χ0) is 16.3. The van der Waals surface area contributed by atoms with Crippen LogP contribution in [0.15, 0.2) is 12.2 Å². The third kappa shape index (κ3) is 3.89. The van der Waals surface area contributed by atoms with Crippen LogP contribution in [0, 0.1) is 0 Å². The fourth-order valence-electron chi connectivity index (χ4n) is 1.71. The lowest BCUT2D eigenvalue weighted by Crippen LogP contribution is -2.32. The number of amides is 4. The molecule has 0 aliphatic carbocycles. The average molecular weight is 348 g/mol. The van der Waals surface area contributed by atoms with E-state index in [1.807, 2.05) is 0 Å². The Bertz CT molecular complexity index is 549. The van der Waals surface area contributed by atoms with E-state index in [4.69, 9.17) is 0 Å². The first-order chi connectivity index (χ1) is 10.4. The van der Waals surface area contributed by atoms with E-state index in [0.29, 0.717) is 5.06 Å². The van der Waals surface area contributed by atoms with Crippen molar-refractivity contribution in [1.29, 1.82) is 0 Å². The molecule has 22 heavy (non-hydrogen) atoms. The van der Waals surface area contributed by atoms with E-state index in [1.54, 1.807) is 0 Å². The molecule has 0 aromatic carbocycles. The zero-order valence-corrected chi connectivity index (χ0v) is 12.8. The van der Waals surface area contributed by atoms with Crippen molar-refractivity contribution in [2.24, 2.45) is 0 Å². The Morgan fingerprint density at radius 3 is 2.27 bits per heavy atom. The highest BCUT2D eigenvalue weighted by Crippen LogP contribution is 2.52. The molecule has 118 valence electrons. The van der Waals surface area contributed by atoms with Crippen LogP contribution in [0.4, 0.5) is 8.99 Å². The van der Waals surface area contributed by atoms with Crippen LogP contribution in [0.1, 0.15) is 12.8 Å². The SMILES string of the molecule is O=C(ON1C(=O)CCC1=O)SP(F)CCN1C(=O)C=CC1=O. The van der Waals surface area contributed by atoms with Gasteiger partial charge in [0.2, 0.25) is 0 Å². The van der Waals surface area contributed by atoms with Gasteiger partial charge in [0.1, 0.15) is 0 Å². The van der Waals surface area contributed by atoms with Crippen LogP contribution in [0.25, 0.3) is 0 Å². The molecule has 1 saturated heterocycles. The second-order valence-corrected chi connectivity index (χ2v) is 7.55. The van der Waals surface area contributed by atoms with Gasteiger partial charge in [0, 0.05) is 49.1 Å². The van der Waals surface area contributed by atoms with Gasteiger partial charge in [0.25, 0.3) is 23.6 Å². The van der Waals surface area contributed by atoms with Crippen molar-refractivity contribution >= 4 is 47.7 Å². The number of carbonyl (C=O) groups excluding carboxylic acids is 5. The van der Waals surface area contributed by atoms with Crippen molar-refractivity contribution < 1.29 is 33.0 Å². The Labute approximate surface area is 129 Å². The summed E-state index contributed by atoms with van der Waals surface area (Å²) in [6, 6.07) is 0. The molecule has 2 rings (SSSR count). The van der Waals surface area contributed by atoms with Crippen LogP contribution < -0.4 is 0 Å². The summed E-state index contributed by atoms with van der Waals surface area (Å²) in [5.41, 5.74) is 0. The fraction of sp³-hybridized carbons (Fsp3) is 0.364. The molecule has 2 aliphatic rings. The van der Waals surface area contributed by atoms with Crippen LogP contribution in [0.5, 0.6) is 0 Å². The van der Waals surface area contributed by atoms with E-state index in [1.165, 1.54) is 0 Å². The van der Waals surface area contributed by atoms with Crippen molar-refractivity contribution in [3.63, 3.8) is 0 Å². The van der Waals surface area contributed by atoms with Gasteiger partial charge in [-0.15, -0.1) is 5.06 Å². The normalized spacial score (nSPS) is 19.3. The number of halogens is 1. The second kappa shape index (κ2) is 6.97. The van der Waals surface area contributed by atoms with Crippen molar-refractivity contribution in [3.8, 4) is 0 Å². The molecule has 11 heteroatoms. The summed E-state index contributed by atoms with van der Waals surface area (Å²) in [7, 11) is -2.40. The highest BCUT2D eigenvalue weighted by atomic mass is 32.7. The van der Waals surface area contributed by atoms with Crippen LogP contribution >= 0.6 is 18.8 Å². The molecule has 2 heterocycles. The first-order valence-electron chi connectivity index (χ1n) is 6.11. The number of carbonyl (C=O) groups is 5. The van der Waals surface area contributed by atoms with Crippen molar-refractivity contribution in [1.82, 2.24) is 9.96 Å². The molecule has 0 bridgehead atoms. The van der Waals surface area contributed by atoms with Gasteiger partial charge in [-0.3, -0.25) is 24.1 Å². The van der Waals surface area contributed by atoms with Crippen LogP contribution in [-0.4, -0.2) is 51.6 Å². The topological polar surface area (TPSA) is 101 Å². The maximum Gasteiger partial charge on any atom is 0.398 e. The van der Waals surface area contributed by atoms with E-state index in [2.05, 4.69) is 4.84 Å². The van der Waals surface area contributed by atoms with Crippen LogP contribution in [-0.2, 0) is 24.0 Å². The highest BCUT2D eigenvalue weighted by molar-refractivity contribution is 8.61. The third-order valence-electron chi connectivity index (χ3n) is 2.75. The van der Waals surface area contributed by atoms with E-state index in [9.17, 15) is 28.2 Å². The summed E-state index contributed by atoms with van der Waals surface area (Å²) in [5, 5.41) is -0.787. The Morgan fingerprint density at radius 1 is 1.18 bits per heavy atom.